The molecule has 1 N–H and O–H groups in total. The Morgan fingerprint density at radius 3 is 2.68 bits per heavy atom. The summed E-state index contributed by atoms with van der Waals surface area (Å²) in [6.07, 6.45) is 6.75. The highest BCUT2D eigenvalue weighted by Gasteiger charge is 2.19. The van der Waals surface area contributed by atoms with E-state index in [9.17, 15) is 4.79 Å². The molecular formula is C18H13N5OS. The summed E-state index contributed by atoms with van der Waals surface area (Å²) in [4.78, 5) is 21.0. The summed E-state index contributed by atoms with van der Waals surface area (Å²) in [6, 6.07) is 13.4. The van der Waals surface area contributed by atoms with Crippen LogP contribution in [0.2, 0.25) is 0 Å². The Morgan fingerprint density at radius 1 is 1.08 bits per heavy atom. The Labute approximate surface area is 147 Å². The van der Waals surface area contributed by atoms with Crippen LogP contribution in [0, 0.1) is 0 Å². The van der Waals surface area contributed by atoms with Gasteiger partial charge in [-0.2, -0.15) is 5.10 Å². The number of rotatable bonds is 4. The summed E-state index contributed by atoms with van der Waals surface area (Å²) in [5.41, 5.74) is 2.69. The standard InChI is InChI=1S/C18H13N5OS/c24-17(21-18-20-9-10-25-18)15-12-23(14-6-2-1-3-7-14)22-16(15)13-5-4-8-19-11-13/h1-12H,(H,20,21,24). The van der Waals surface area contributed by atoms with E-state index in [0.29, 0.717) is 16.4 Å². The van der Waals surface area contributed by atoms with Gasteiger partial charge < -0.3 is 0 Å². The molecular weight excluding hydrogens is 334 g/mol. The number of amides is 1. The third kappa shape index (κ3) is 3.17. The molecule has 6 nitrogen and oxygen atoms in total. The van der Waals surface area contributed by atoms with Crippen LogP contribution in [-0.4, -0.2) is 25.7 Å². The van der Waals surface area contributed by atoms with Crippen LogP contribution >= 0.6 is 11.3 Å². The molecule has 0 atom stereocenters. The third-order valence-electron chi connectivity index (χ3n) is 3.57. The number of nitrogens with zero attached hydrogens (tertiary/aromatic N) is 4. The normalized spacial score (nSPS) is 10.6. The van der Waals surface area contributed by atoms with E-state index in [1.54, 1.807) is 29.5 Å². The predicted molar refractivity (Wildman–Crippen MR) is 96.9 cm³/mol. The molecule has 0 saturated carbocycles. The van der Waals surface area contributed by atoms with E-state index < -0.39 is 0 Å². The van der Waals surface area contributed by atoms with Gasteiger partial charge in [-0.3, -0.25) is 15.1 Å². The summed E-state index contributed by atoms with van der Waals surface area (Å²) in [5.74, 6) is -0.254. The second kappa shape index (κ2) is 6.66. The van der Waals surface area contributed by atoms with Gasteiger partial charge in [-0.1, -0.05) is 18.2 Å². The molecule has 0 aliphatic carbocycles. The van der Waals surface area contributed by atoms with Crippen molar-refractivity contribution in [3.05, 3.63) is 78.2 Å². The lowest BCUT2D eigenvalue weighted by Gasteiger charge is -2.02. The van der Waals surface area contributed by atoms with Crippen molar-refractivity contribution >= 4 is 22.4 Å². The average molecular weight is 347 g/mol. The molecule has 3 heterocycles. The Kier molecular flexibility index (Phi) is 4.05. The lowest BCUT2D eigenvalue weighted by molar-refractivity contribution is 0.102. The number of nitrogens with one attached hydrogen (secondary N) is 1. The van der Waals surface area contributed by atoms with Gasteiger partial charge in [0.05, 0.1) is 11.3 Å². The number of benzene rings is 1. The first-order valence-electron chi connectivity index (χ1n) is 7.57. The summed E-state index contributed by atoms with van der Waals surface area (Å²) >= 11 is 1.37. The lowest BCUT2D eigenvalue weighted by Crippen LogP contribution is -2.12. The van der Waals surface area contributed by atoms with Gasteiger partial charge in [-0.15, -0.1) is 11.3 Å². The first kappa shape index (κ1) is 15.2. The molecule has 7 heteroatoms. The molecule has 4 rings (SSSR count). The maximum Gasteiger partial charge on any atom is 0.261 e. The van der Waals surface area contributed by atoms with E-state index >= 15 is 0 Å². The van der Waals surface area contributed by atoms with Crippen LogP contribution in [0.1, 0.15) is 10.4 Å². The van der Waals surface area contributed by atoms with Gasteiger partial charge in [0, 0.05) is 35.7 Å². The van der Waals surface area contributed by atoms with Crippen molar-refractivity contribution < 1.29 is 4.79 Å². The SMILES string of the molecule is O=C(Nc1nccs1)c1cn(-c2ccccc2)nc1-c1cccnc1. The zero-order valence-corrected chi connectivity index (χ0v) is 13.9. The highest BCUT2D eigenvalue weighted by Crippen LogP contribution is 2.24. The second-order valence-corrected chi connectivity index (χ2v) is 6.10. The van der Waals surface area contributed by atoms with E-state index in [4.69, 9.17) is 0 Å². The van der Waals surface area contributed by atoms with E-state index in [-0.39, 0.29) is 5.91 Å². The minimum absolute atomic E-state index is 0.254. The van der Waals surface area contributed by atoms with Crippen LogP contribution in [0.3, 0.4) is 0 Å². The smallest absolute Gasteiger partial charge is 0.261 e. The van der Waals surface area contributed by atoms with Gasteiger partial charge >= 0.3 is 0 Å². The lowest BCUT2D eigenvalue weighted by atomic mass is 10.1. The topological polar surface area (TPSA) is 72.7 Å². The minimum atomic E-state index is -0.254. The van der Waals surface area contributed by atoms with Crippen molar-refractivity contribution in [2.24, 2.45) is 0 Å². The maximum absolute atomic E-state index is 12.7. The molecule has 0 fully saturated rings. The van der Waals surface area contributed by atoms with Gasteiger partial charge in [0.15, 0.2) is 5.13 Å². The van der Waals surface area contributed by atoms with Crippen molar-refractivity contribution in [2.75, 3.05) is 5.32 Å². The Hall–Kier alpha value is -3.32. The number of aromatic nitrogens is 4. The maximum atomic E-state index is 12.7. The van der Waals surface area contributed by atoms with Gasteiger partial charge in [0.2, 0.25) is 0 Å². The van der Waals surface area contributed by atoms with Gasteiger partial charge in [-0.25, -0.2) is 9.67 Å². The molecule has 25 heavy (non-hydrogen) atoms. The van der Waals surface area contributed by atoms with E-state index in [1.807, 2.05) is 47.8 Å². The molecule has 0 spiro atoms. The molecule has 1 aromatic carbocycles. The number of hydrogen-bond donors (Lipinski definition) is 1. The van der Waals surface area contributed by atoms with Crippen molar-refractivity contribution in [2.45, 2.75) is 0 Å². The van der Waals surface area contributed by atoms with E-state index in [1.165, 1.54) is 11.3 Å². The number of carbonyl (C=O) groups is 1. The number of anilines is 1. The van der Waals surface area contributed by atoms with Crippen molar-refractivity contribution in [3.63, 3.8) is 0 Å². The fourth-order valence-corrected chi connectivity index (χ4v) is 2.94. The number of carbonyl (C=O) groups excluding carboxylic acids is 1. The molecule has 0 unspecified atom stereocenters. The number of pyridine rings is 1. The first-order valence-corrected chi connectivity index (χ1v) is 8.45. The fourth-order valence-electron chi connectivity index (χ4n) is 2.42. The molecule has 4 aromatic rings. The van der Waals surface area contributed by atoms with Gasteiger partial charge in [-0.05, 0) is 24.3 Å². The second-order valence-electron chi connectivity index (χ2n) is 5.20. The zero-order chi connectivity index (χ0) is 17.1. The quantitative estimate of drug-likeness (QED) is 0.612. The van der Waals surface area contributed by atoms with E-state index in [0.717, 1.165) is 11.3 Å². The molecule has 3 aromatic heterocycles. The highest BCUT2D eigenvalue weighted by molar-refractivity contribution is 7.13. The largest absolute Gasteiger partial charge is 0.298 e. The number of hydrogen-bond acceptors (Lipinski definition) is 5. The van der Waals surface area contributed by atoms with Gasteiger partial charge in [0.1, 0.15) is 5.69 Å². The molecule has 0 aliphatic rings. The van der Waals surface area contributed by atoms with Crippen LogP contribution in [0.5, 0.6) is 0 Å². The van der Waals surface area contributed by atoms with Crippen LogP contribution in [0.25, 0.3) is 16.9 Å². The predicted octanol–water partition coefficient (Wildman–Crippen LogP) is 3.64. The first-order chi connectivity index (χ1) is 12.3. The Bertz CT molecular complexity index is 981. The highest BCUT2D eigenvalue weighted by atomic mass is 32.1. The van der Waals surface area contributed by atoms with Crippen molar-refractivity contribution in [1.29, 1.82) is 0 Å². The third-order valence-corrected chi connectivity index (χ3v) is 4.26. The van der Waals surface area contributed by atoms with Crippen LogP contribution in [0.4, 0.5) is 5.13 Å². The van der Waals surface area contributed by atoms with Crippen molar-refractivity contribution in [1.82, 2.24) is 19.7 Å². The monoisotopic (exact) mass is 347 g/mol. The number of para-hydroxylation sites is 1. The van der Waals surface area contributed by atoms with Crippen LogP contribution in [0.15, 0.2) is 72.6 Å². The minimum Gasteiger partial charge on any atom is -0.298 e. The molecule has 1 amide bonds. The summed E-state index contributed by atoms with van der Waals surface area (Å²) in [6.45, 7) is 0. The number of thiazole rings is 1. The molecule has 122 valence electrons. The molecule has 0 bridgehead atoms. The van der Waals surface area contributed by atoms with Crippen molar-refractivity contribution in [3.8, 4) is 16.9 Å². The zero-order valence-electron chi connectivity index (χ0n) is 13.0. The Balaban J connectivity index is 1.78. The molecule has 0 saturated heterocycles. The fraction of sp³-hybridized carbons (Fsp3) is 0. The molecule has 0 aliphatic heterocycles. The summed E-state index contributed by atoms with van der Waals surface area (Å²) in [5, 5.41) is 9.77. The summed E-state index contributed by atoms with van der Waals surface area (Å²) in [7, 11) is 0. The van der Waals surface area contributed by atoms with Crippen LogP contribution < -0.4 is 5.32 Å². The summed E-state index contributed by atoms with van der Waals surface area (Å²) < 4.78 is 1.69. The van der Waals surface area contributed by atoms with Crippen LogP contribution in [-0.2, 0) is 0 Å². The average Bonchev–Trinajstić information content (AvgIpc) is 3.33. The van der Waals surface area contributed by atoms with E-state index in [2.05, 4.69) is 20.4 Å². The molecule has 0 radical (unpaired) electrons. The van der Waals surface area contributed by atoms with Gasteiger partial charge in [0.25, 0.3) is 5.91 Å². The Morgan fingerprint density at radius 2 is 1.96 bits per heavy atom.